The van der Waals surface area contributed by atoms with Crippen LogP contribution in [0.4, 0.5) is 14.9 Å². The number of nitrogens with zero attached hydrogens (tertiary/aromatic N) is 1. The Morgan fingerprint density at radius 1 is 1.57 bits per heavy atom. The summed E-state index contributed by atoms with van der Waals surface area (Å²) in [5.74, 6) is -0.376. The maximum absolute atomic E-state index is 12.8. The Bertz CT molecular complexity index is 328. The van der Waals surface area contributed by atoms with Gasteiger partial charge in [0, 0.05) is 12.7 Å². The van der Waals surface area contributed by atoms with E-state index in [1.165, 1.54) is 24.1 Å². The van der Waals surface area contributed by atoms with Crippen LogP contribution in [0, 0.1) is 5.82 Å². The smallest absolute Gasteiger partial charge is 0.413 e. The molecule has 0 saturated carbocycles. The highest BCUT2D eigenvalue weighted by molar-refractivity contribution is 5.86. The number of hydrogen-bond acceptors (Lipinski definition) is 2. The van der Waals surface area contributed by atoms with Gasteiger partial charge in [-0.1, -0.05) is 6.07 Å². The number of halogens is 1. The fourth-order valence-electron chi connectivity index (χ4n) is 1.01. The normalized spacial score (nSPS) is 9.64. The summed E-state index contributed by atoms with van der Waals surface area (Å²) in [6.45, 7) is 2.02. The van der Waals surface area contributed by atoms with Gasteiger partial charge in [0.2, 0.25) is 0 Å². The van der Waals surface area contributed by atoms with Gasteiger partial charge in [-0.05, 0) is 25.1 Å². The highest BCUT2D eigenvalue weighted by atomic mass is 19.1. The van der Waals surface area contributed by atoms with Crippen LogP contribution < -0.4 is 4.90 Å². The maximum Gasteiger partial charge on any atom is 0.413 e. The van der Waals surface area contributed by atoms with Crippen molar-refractivity contribution in [3.05, 3.63) is 30.1 Å². The predicted octanol–water partition coefficient (Wildman–Crippen LogP) is 2.42. The second-order valence-electron chi connectivity index (χ2n) is 2.74. The third-order valence-electron chi connectivity index (χ3n) is 1.74. The molecule has 0 atom stereocenters. The lowest BCUT2D eigenvalue weighted by atomic mass is 10.3. The monoisotopic (exact) mass is 197 g/mol. The van der Waals surface area contributed by atoms with E-state index in [0.29, 0.717) is 12.3 Å². The molecule has 1 aromatic carbocycles. The summed E-state index contributed by atoms with van der Waals surface area (Å²) < 4.78 is 17.6. The summed E-state index contributed by atoms with van der Waals surface area (Å²) in [4.78, 5) is 12.5. The molecule has 14 heavy (non-hydrogen) atoms. The van der Waals surface area contributed by atoms with Crippen molar-refractivity contribution in [3.63, 3.8) is 0 Å². The van der Waals surface area contributed by atoms with Gasteiger partial charge in [-0.2, -0.15) is 0 Å². The van der Waals surface area contributed by atoms with Crippen molar-refractivity contribution in [2.45, 2.75) is 6.92 Å². The Hall–Kier alpha value is -1.58. The van der Waals surface area contributed by atoms with Crippen LogP contribution in [0.15, 0.2) is 24.3 Å². The van der Waals surface area contributed by atoms with Crippen molar-refractivity contribution in [1.82, 2.24) is 0 Å². The first-order chi connectivity index (χ1) is 6.65. The van der Waals surface area contributed by atoms with E-state index in [4.69, 9.17) is 4.74 Å². The summed E-state index contributed by atoms with van der Waals surface area (Å²) in [5, 5.41) is 0. The van der Waals surface area contributed by atoms with Gasteiger partial charge in [-0.25, -0.2) is 9.18 Å². The van der Waals surface area contributed by atoms with E-state index >= 15 is 0 Å². The fourth-order valence-corrected chi connectivity index (χ4v) is 1.01. The molecule has 76 valence electrons. The molecule has 0 unspecified atom stereocenters. The van der Waals surface area contributed by atoms with E-state index < -0.39 is 6.09 Å². The molecule has 0 aliphatic heterocycles. The molecule has 0 fully saturated rings. The van der Waals surface area contributed by atoms with E-state index in [1.54, 1.807) is 19.1 Å². The van der Waals surface area contributed by atoms with Gasteiger partial charge >= 0.3 is 6.09 Å². The van der Waals surface area contributed by atoms with Crippen molar-refractivity contribution in [2.24, 2.45) is 0 Å². The lowest BCUT2D eigenvalue weighted by Gasteiger charge is -2.16. The van der Waals surface area contributed by atoms with Gasteiger partial charge in [-0.15, -0.1) is 0 Å². The van der Waals surface area contributed by atoms with Crippen LogP contribution in [0.25, 0.3) is 0 Å². The second kappa shape index (κ2) is 4.60. The van der Waals surface area contributed by atoms with Crippen molar-refractivity contribution < 1.29 is 13.9 Å². The first-order valence-electron chi connectivity index (χ1n) is 4.31. The average molecular weight is 197 g/mol. The number of benzene rings is 1. The lowest BCUT2D eigenvalue weighted by Crippen LogP contribution is -2.26. The SMILES string of the molecule is CCOC(=O)N(C)c1cccc(F)c1. The standard InChI is InChI=1S/C10H12FNO2/c1-3-14-10(13)12(2)9-6-4-5-8(11)7-9/h4-7H,3H2,1-2H3. The van der Waals surface area contributed by atoms with Crippen molar-refractivity contribution in [1.29, 1.82) is 0 Å². The Balaban J connectivity index is 2.78. The van der Waals surface area contributed by atoms with Crippen molar-refractivity contribution in [3.8, 4) is 0 Å². The first kappa shape index (κ1) is 10.5. The van der Waals surface area contributed by atoms with Gasteiger partial charge in [0.1, 0.15) is 5.82 Å². The van der Waals surface area contributed by atoms with Gasteiger partial charge in [0.05, 0.1) is 6.61 Å². The second-order valence-corrected chi connectivity index (χ2v) is 2.74. The quantitative estimate of drug-likeness (QED) is 0.728. The molecular formula is C10H12FNO2. The molecule has 0 heterocycles. The number of anilines is 1. The molecule has 3 nitrogen and oxygen atoms in total. The predicted molar refractivity (Wildman–Crippen MR) is 51.8 cm³/mol. The van der Waals surface area contributed by atoms with E-state index in [0.717, 1.165) is 0 Å². The summed E-state index contributed by atoms with van der Waals surface area (Å²) >= 11 is 0. The average Bonchev–Trinajstić information content (AvgIpc) is 2.17. The molecule has 0 N–H and O–H groups in total. The molecule has 1 aromatic rings. The number of amides is 1. The highest BCUT2D eigenvalue weighted by Crippen LogP contribution is 2.14. The number of carbonyl (C=O) groups is 1. The van der Waals surface area contributed by atoms with E-state index in [-0.39, 0.29) is 5.82 Å². The van der Waals surface area contributed by atoms with Gasteiger partial charge < -0.3 is 4.74 Å². The molecule has 0 aliphatic rings. The maximum atomic E-state index is 12.8. The van der Waals surface area contributed by atoms with Crippen LogP contribution in [-0.2, 0) is 4.74 Å². The zero-order chi connectivity index (χ0) is 10.6. The molecule has 1 rings (SSSR count). The Labute approximate surface area is 82.1 Å². The summed E-state index contributed by atoms with van der Waals surface area (Å²) in [6.07, 6.45) is -0.488. The zero-order valence-corrected chi connectivity index (χ0v) is 8.16. The Morgan fingerprint density at radius 3 is 2.86 bits per heavy atom. The van der Waals surface area contributed by atoms with Crippen LogP contribution in [0.5, 0.6) is 0 Å². The van der Waals surface area contributed by atoms with Crippen molar-refractivity contribution >= 4 is 11.8 Å². The number of rotatable bonds is 2. The van der Waals surface area contributed by atoms with Crippen LogP contribution >= 0.6 is 0 Å². The fraction of sp³-hybridized carbons (Fsp3) is 0.300. The summed E-state index contributed by atoms with van der Waals surface area (Å²) in [5.41, 5.74) is 0.475. The molecule has 0 aliphatic carbocycles. The van der Waals surface area contributed by atoms with Crippen LogP contribution in [0.3, 0.4) is 0 Å². The lowest BCUT2D eigenvalue weighted by molar-refractivity contribution is 0.161. The van der Waals surface area contributed by atoms with Gasteiger partial charge in [-0.3, -0.25) is 4.90 Å². The van der Waals surface area contributed by atoms with Crippen LogP contribution in [-0.4, -0.2) is 19.7 Å². The van der Waals surface area contributed by atoms with Gasteiger partial charge in [0.25, 0.3) is 0 Å². The molecule has 0 saturated heterocycles. The minimum atomic E-state index is -0.488. The molecule has 0 spiro atoms. The van der Waals surface area contributed by atoms with Crippen LogP contribution in [0.2, 0.25) is 0 Å². The minimum absolute atomic E-state index is 0.304. The van der Waals surface area contributed by atoms with Crippen molar-refractivity contribution in [2.75, 3.05) is 18.6 Å². The van der Waals surface area contributed by atoms with Gasteiger partial charge in [0.15, 0.2) is 0 Å². The first-order valence-corrected chi connectivity index (χ1v) is 4.31. The van der Waals surface area contributed by atoms with E-state index in [2.05, 4.69) is 0 Å². The van der Waals surface area contributed by atoms with E-state index in [9.17, 15) is 9.18 Å². The number of hydrogen-bond donors (Lipinski definition) is 0. The zero-order valence-electron chi connectivity index (χ0n) is 8.16. The summed E-state index contributed by atoms with van der Waals surface area (Å²) in [7, 11) is 1.53. The molecule has 0 radical (unpaired) electrons. The number of ether oxygens (including phenoxy) is 1. The number of carbonyl (C=O) groups excluding carboxylic acids is 1. The molecule has 1 amide bonds. The molecule has 0 bridgehead atoms. The van der Waals surface area contributed by atoms with E-state index in [1.807, 2.05) is 0 Å². The van der Waals surface area contributed by atoms with Crippen LogP contribution in [0.1, 0.15) is 6.92 Å². The molecule has 4 heteroatoms. The largest absolute Gasteiger partial charge is 0.449 e. The topological polar surface area (TPSA) is 29.5 Å². The Kier molecular flexibility index (Phi) is 3.45. The Morgan fingerprint density at radius 2 is 2.29 bits per heavy atom. The molecular weight excluding hydrogens is 185 g/mol. The minimum Gasteiger partial charge on any atom is -0.449 e. The third-order valence-corrected chi connectivity index (χ3v) is 1.74. The molecule has 0 aromatic heterocycles. The summed E-state index contributed by atoms with van der Waals surface area (Å²) in [6, 6.07) is 5.78. The highest BCUT2D eigenvalue weighted by Gasteiger charge is 2.11. The third kappa shape index (κ3) is 2.45.